The Morgan fingerprint density at radius 1 is 0.563 bits per heavy atom. The number of amides is 1. The van der Waals surface area contributed by atoms with Gasteiger partial charge in [-0.1, -0.05) is 232 Å². The molecule has 0 radical (unpaired) electrons. The maximum absolute atomic E-state index is 13.3. The molecule has 1 rings (SSSR count). The molecule has 0 spiro atoms. The predicted molar refractivity (Wildman–Crippen MR) is 291 cm³/mol. The average Bonchev–Trinajstić information content (AvgIpc) is 3.37. The Balaban J connectivity index is 2.83. The lowest BCUT2D eigenvalue weighted by Crippen LogP contribution is -2.61. The summed E-state index contributed by atoms with van der Waals surface area (Å²) in [5.41, 5.74) is 0. The van der Waals surface area contributed by atoms with E-state index >= 15 is 0 Å². The molecule has 1 aliphatic heterocycles. The van der Waals surface area contributed by atoms with Crippen molar-refractivity contribution in [1.82, 2.24) is 5.32 Å². The van der Waals surface area contributed by atoms with Crippen molar-refractivity contribution >= 4 is 11.9 Å². The molecule has 1 amide bonds. The van der Waals surface area contributed by atoms with Crippen LogP contribution in [0.3, 0.4) is 0 Å². The summed E-state index contributed by atoms with van der Waals surface area (Å²) >= 11 is 0. The highest BCUT2D eigenvalue weighted by Crippen LogP contribution is 2.26. The number of carbonyl (C=O) groups is 2. The number of carbonyl (C=O) groups excluding carboxylic acids is 2. The molecule has 1 heterocycles. The third kappa shape index (κ3) is 35.8. The van der Waals surface area contributed by atoms with E-state index in [1.165, 1.54) is 51.4 Å². The molecule has 11 heteroatoms. The first-order valence-corrected chi connectivity index (χ1v) is 27.4. The molecular formula is C60H97NO10. The highest BCUT2D eigenvalue weighted by atomic mass is 16.7. The van der Waals surface area contributed by atoms with E-state index in [9.17, 15) is 35.1 Å². The summed E-state index contributed by atoms with van der Waals surface area (Å²) in [6, 6.07) is -1.06. The van der Waals surface area contributed by atoms with Crippen molar-refractivity contribution < 1.29 is 49.3 Å². The van der Waals surface area contributed by atoms with Gasteiger partial charge in [-0.05, 0) is 64.2 Å². The molecule has 8 atom stereocenters. The standard InChI is InChI=1S/C60H97NO10/c1-4-7-10-13-16-19-22-25-27-30-33-36-39-42-45-48-55(65)71-58-57(67)56(66)54(49-62)70-60(58)69-50-51(52(63)46-43-40-37-34-31-28-24-21-18-15-12-9-6-3)61-59(68)53(64)47-44-41-38-35-32-29-26-23-20-17-14-11-8-5-2/h7-8,10-11,13-14,16-17,19-20,22-23,25-27,29,32,35,43,46,51-54,56-58,60,62-64,66-67H,4-6,9,12,15,18,21,24,28,30-31,33-34,36-42,44-45,47-50H2,1-3H3,(H,61,68)/b10-7+,11-8+,16-13+,17-14+,22-19+,23-20-,27-25-,29-26-,35-32+,46-43+. The van der Waals surface area contributed by atoms with Crippen LogP contribution < -0.4 is 5.32 Å². The number of hydrogen-bond donors (Lipinski definition) is 6. The molecular weight excluding hydrogens is 895 g/mol. The molecule has 1 saturated heterocycles. The Morgan fingerprint density at radius 2 is 1.01 bits per heavy atom. The third-order valence-electron chi connectivity index (χ3n) is 12.1. The van der Waals surface area contributed by atoms with Crippen molar-refractivity contribution in [2.45, 2.75) is 230 Å². The van der Waals surface area contributed by atoms with Crippen LogP contribution in [-0.4, -0.2) is 99.6 Å². The van der Waals surface area contributed by atoms with Crippen LogP contribution in [-0.2, 0) is 23.8 Å². The largest absolute Gasteiger partial charge is 0.454 e. The molecule has 71 heavy (non-hydrogen) atoms. The normalized spacial score (nSPS) is 20.6. The Labute approximate surface area is 430 Å². The highest BCUT2D eigenvalue weighted by Gasteiger charge is 2.47. The van der Waals surface area contributed by atoms with Crippen LogP contribution in [0.4, 0.5) is 0 Å². The number of rotatable bonds is 43. The minimum atomic E-state index is -1.64. The molecule has 6 N–H and O–H groups in total. The van der Waals surface area contributed by atoms with Crippen molar-refractivity contribution in [3.8, 4) is 0 Å². The zero-order chi connectivity index (χ0) is 51.8. The van der Waals surface area contributed by atoms with Gasteiger partial charge in [0.15, 0.2) is 12.4 Å². The highest BCUT2D eigenvalue weighted by molar-refractivity contribution is 5.80. The molecule has 8 unspecified atom stereocenters. The minimum absolute atomic E-state index is 0.0842. The van der Waals surface area contributed by atoms with Gasteiger partial charge in [0.2, 0.25) is 5.91 Å². The van der Waals surface area contributed by atoms with Crippen LogP contribution >= 0.6 is 0 Å². The Morgan fingerprint density at radius 3 is 1.52 bits per heavy atom. The van der Waals surface area contributed by atoms with Crippen molar-refractivity contribution in [1.29, 1.82) is 0 Å². The number of esters is 1. The van der Waals surface area contributed by atoms with E-state index in [-0.39, 0.29) is 19.4 Å². The van der Waals surface area contributed by atoms with Crippen molar-refractivity contribution in [3.63, 3.8) is 0 Å². The van der Waals surface area contributed by atoms with E-state index in [0.29, 0.717) is 12.8 Å². The second kappa shape index (κ2) is 47.1. The minimum Gasteiger partial charge on any atom is -0.454 e. The Bertz CT molecular complexity index is 1610. The summed E-state index contributed by atoms with van der Waals surface area (Å²) in [6.07, 6.45) is 53.8. The van der Waals surface area contributed by atoms with Crippen LogP contribution in [0.25, 0.3) is 0 Å². The van der Waals surface area contributed by atoms with Crippen molar-refractivity contribution in [3.05, 3.63) is 122 Å². The van der Waals surface area contributed by atoms with Crippen molar-refractivity contribution in [2.75, 3.05) is 13.2 Å². The number of unbranched alkanes of at least 4 members (excludes halogenated alkanes) is 18. The fraction of sp³-hybridized carbons (Fsp3) is 0.633. The molecule has 0 aliphatic carbocycles. The first-order chi connectivity index (χ1) is 34.7. The van der Waals surface area contributed by atoms with Gasteiger partial charge < -0.3 is 45.1 Å². The van der Waals surface area contributed by atoms with Crippen LogP contribution in [0.5, 0.6) is 0 Å². The zero-order valence-electron chi connectivity index (χ0n) is 44.0. The van der Waals surface area contributed by atoms with Gasteiger partial charge >= 0.3 is 5.97 Å². The molecule has 0 aromatic heterocycles. The summed E-state index contributed by atoms with van der Waals surface area (Å²) in [7, 11) is 0. The molecule has 0 aromatic carbocycles. The lowest BCUT2D eigenvalue weighted by Gasteiger charge is -2.41. The monoisotopic (exact) mass is 992 g/mol. The van der Waals surface area contributed by atoms with E-state index in [2.05, 4.69) is 44.3 Å². The Kier molecular flexibility index (Phi) is 43.2. The van der Waals surface area contributed by atoms with E-state index in [1.54, 1.807) is 6.08 Å². The van der Waals surface area contributed by atoms with E-state index in [1.807, 2.05) is 97.2 Å². The van der Waals surface area contributed by atoms with E-state index < -0.39 is 67.4 Å². The van der Waals surface area contributed by atoms with Gasteiger partial charge in [-0.25, -0.2) is 0 Å². The van der Waals surface area contributed by atoms with Crippen molar-refractivity contribution in [2.24, 2.45) is 0 Å². The maximum Gasteiger partial charge on any atom is 0.306 e. The molecule has 1 aliphatic rings. The van der Waals surface area contributed by atoms with Crippen LogP contribution in [0, 0.1) is 0 Å². The lowest BCUT2D eigenvalue weighted by molar-refractivity contribution is -0.305. The summed E-state index contributed by atoms with van der Waals surface area (Å²) < 4.78 is 17.5. The number of ether oxygens (including phenoxy) is 3. The first-order valence-electron chi connectivity index (χ1n) is 27.4. The fourth-order valence-electron chi connectivity index (χ4n) is 7.74. The number of aliphatic hydroxyl groups is 5. The molecule has 0 aromatic rings. The second-order valence-corrected chi connectivity index (χ2v) is 18.4. The average molecular weight is 992 g/mol. The molecule has 0 saturated carbocycles. The third-order valence-corrected chi connectivity index (χ3v) is 12.1. The van der Waals surface area contributed by atoms with Gasteiger partial charge in [-0.2, -0.15) is 0 Å². The van der Waals surface area contributed by atoms with Gasteiger partial charge in [-0.3, -0.25) is 9.59 Å². The van der Waals surface area contributed by atoms with E-state index in [0.717, 1.165) is 83.5 Å². The predicted octanol–water partition coefficient (Wildman–Crippen LogP) is 11.9. The first kappa shape index (κ1) is 65.1. The van der Waals surface area contributed by atoms with Crippen LogP contribution in [0.2, 0.25) is 0 Å². The van der Waals surface area contributed by atoms with Gasteiger partial charge in [0.1, 0.15) is 24.4 Å². The van der Waals surface area contributed by atoms with Gasteiger partial charge in [0.25, 0.3) is 0 Å². The van der Waals surface area contributed by atoms with Gasteiger partial charge in [-0.15, -0.1) is 0 Å². The number of hydrogen-bond acceptors (Lipinski definition) is 10. The molecule has 402 valence electrons. The fourth-order valence-corrected chi connectivity index (χ4v) is 7.74. The summed E-state index contributed by atoms with van der Waals surface area (Å²) in [4.78, 5) is 26.4. The summed E-state index contributed by atoms with van der Waals surface area (Å²) in [5, 5.41) is 56.7. The topological polar surface area (TPSA) is 175 Å². The molecule has 1 fully saturated rings. The Hall–Kier alpha value is -3.94. The summed E-state index contributed by atoms with van der Waals surface area (Å²) in [5.74, 6) is -1.28. The number of aliphatic hydroxyl groups excluding tert-OH is 5. The van der Waals surface area contributed by atoms with Crippen LogP contribution in [0.15, 0.2) is 122 Å². The second-order valence-electron chi connectivity index (χ2n) is 18.4. The SMILES string of the molecule is CC/C=C/C=C/C=C\C=C/C=C/CCCCC(O)C(=O)NC(COC1OC(CO)C(O)C(O)C1OC(=O)CCCCCCC\C=C/C=C/C=C/C=C/CC)C(O)/C=C/CCCCCCCCCCCCC. The molecule has 11 nitrogen and oxygen atoms in total. The number of allylic oxidation sites excluding steroid dienone is 19. The zero-order valence-corrected chi connectivity index (χ0v) is 44.0. The maximum atomic E-state index is 13.3. The molecule has 0 bridgehead atoms. The van der Waals surface area contributed by atoms with Gasteiger partial charge in [0, 0.05) is 6.42 Å². The number of nitrogens with one attached hydrogen (secondary N) is 1. The summed E-state index contributed by atoms with van der Waals surface area (Å²) in [6.45, 7) is 5.43. The smallest absolute Gasteiger partial charge is 0.306 e. The quantitative estimate of drug-likeness (QED) is 0.0149. The van der Waals surface area contributed by atoms with Gasteiger partial charge in [0.05, 0.1) is 25.4 Å². The lowest BCUT2D eigenvalue weighted by atomic mass is 9.99. The van der Waals surface area contributed by atoms with Crippen LogP contribution in [0.1, 0.15) is 181 Å². The van der Waals surface area contributed by atoms with E-state index in [4.69, 9.17) is 14.2 Å².